The molecule has 0 unspecified atom stereocenters. The van der Waals surface area contributed by atoms with Crippen molar-refractivity contribution in [3.63, 3.8) is 0 Å². The van der Waals surface area contributed by atoms with Gasteiger partial charge in [-0.3, -0.25) is 4.79 Å². The second kappa shape index (κ2) is 7.55. The molecule has 0 saturated heterocycles. The standard InChI is InChI=1S/C21H33N3O2S/c1-7-10-24(6)19(26)12(2)14-8-9-21(4)11-15-17(23-20(22-5)27-15)13(3)16(21)18(14)25/h7,12-14,16,18,25H,1,8-11H2,2-6H3,(H,22,23)/t12-,13-,14+,16+,18-,21-/m0/s1. The minimum atomic E-state index is -0.484. The number of hydrogen-bond acceptors (Lipinski definition) is 5. The van der Waals surface area contributed by atoms with E-state index in [0.717, 1.165) is 30.1 Å². The van der Waals surface area contributed by atoms with E-state index in [1.807, 2.05) is 21.0 Å². The smallest absolute Gasteiger partial charge is 0.225 e. The maximum absolute atomic E-state index is 12.8. The summed E-state index contributed by atoms with van der Waals surface area (Å²) in [4.78, 5) is 20.6. The molecule has 3 rings (SSSR count). The summed E-state index contributed by atoms with van der Waals surface area (Å²) >= 11 is 1.74. The van der Waals surface area contributed by atoms with Crippen molar-refractivity contribution >= 4 is 22.4 Å². The molecule has 0 radical (unpaired) electrons. The maximum atomic E-state index is 12.8. The quantitative estimate of drug-likeness (QED) is 0.754. The molecule has 1 aromatic rings. The van der Waals surface area contributed by atoms with E-state index in [0.29, 0.717) is 6.54 Å². The molecular formula is C21H33N3O2S. The van der Waals surface area contributed by atoms with Gasteiger partial charge in [0.25, 0.3) is 0 Å². The molecule has 6 heteroatoms. The lowest BCUT2D eigenvalue weighted by Gasteiger charge is -2.53. The first kappa shape index (κ1) is 20.3. The number of aliphatic hydroxyl groups excluding tert-OH is 1. The Labute approximate surface area is 166 Å². The normalized spacial score (nSPS) is 33.6. The highest BCUT2D eigenvalue weighted by molar-refractivity contribution is 7.15. The lowest BCUT2D eigenvalue weighted by molar-refractivity contribution is -0.143. The van der Waals surface area contributed by atoms with Gasteiger partial charge >= 0.3 is 0 Å². The summed E-state index contributed by atoms with van der Waals surface area (Å²) in [5.74, 6) is 0.233. The van der Waals surface area contributed by atoms with Gasteiger partial charge in [-0.05, 0) is 36.5 Å². The summed E-state index contributed by atoms with van der Waals surface area (Å²) in [7, 11) is 3.71. The Morgan fingerprint density at radius 1 is 1.59 bits per heavy atom. The number of nitrogens with zero attached hydrogens (tertiary/aromatic N) is 2. The van der Waals surface area contributed by atoms with Crippen molar-refractivity contribution in [3.05, 3.63) is 23.2 Å². The third-order valence-electron chi connectivity index (χ3n) is 6.95. The highest BCUT2D eigenvalue weighted by Crippen LogP contribution is 2.57. The molecule has 2 aliphatic carbocycles. The van der Waals surface area contributed by atoms with Crippen molar-refractivity contribution in [2.24, 2.45) is 23.2 Å². The van der Waals surface area contributed by atoms with Gasteiger partial charge in [-0.15, -0.1) is 17.9 Å². The van der Waals surface area contributed by atoms with Crippen LogP contribution in [0.3, 0.4) is 0 Å². The summed E-state index contributed by atoms with van der Waals surface area (Å²) in [5, 5.41) is 15.5. The third-order valence-corrected chi connectivity index (χ3v) is 8.04. The second-order valence-corrected chi connectivity index (χ2v) is 9.80. The molecule has 0 spiro atoms. The topological polar surface area (TPSA) is 65.5 Å². The number of rotatable bonds is 5. The lowest BCUT2D eigenvalue weighted by Crippen LogP contribution is -2.53. The van der Waals surface area contributed by atoms with E-state index in [1.165, 1.54) is 4.88 Å². The second-order valence-electron chi connectivity index (χ2n) is 8.71. The summed E-state index contributed by atoms with van der Waals surface area (Å²) < 4.78 is 0. The van der Waals surface area contributed by atoms with E-state index in [1.54, 1.807) is 22.3 Å². The minimum Gasteiger partial charge on any atom is -0.392 e. The van der Waals surface area contributed by atoms with Gasteiger partial charge in [0.05, 0.1) is 11.8 Å². The largest absolute Gasteiger partial charge is 0.392 e. The number of aromatic nitrogens is 1. The van der Waals surface area contributed by atoms with Gasteiger partial charge in [0, 0.05) is 37.4 Å². The van der Waals surface area contributed by atoms with Crippen LogP contribution in [0.25, 0.3) is 0 Å². The van der Waals surface area contributed by atoms with Crippen molar-refractivity contribution < 1.29 is 9.90 Å². The van der Waals surface area contributed by atoms with Crippen LogP contribution in [0.5, 0.6) is 0 Å². The molecule has 1 fully saturated rings. The monoisotopic (exact) mass is 391 g/mol. The molecule has 150 valence electrons. The Bertz CT molecular complexity index is 718. The van der Waals surface area contributed by atoms with Crippen LogP contribution < -0.4 is 5.32 Å². The highest BCUT2D eigenvalue weighted by Gasteiger charge is 2.54. The number of amides is 1. The van der Waals surface area contributed by atoms with Gasteiger partial charge in [0.2, 0.25) is 5.91 Å². The molecule has 6 atom stereocenters. The third kappa shape index (κ3) is 3.42. The summed E-state index contributed by atoms with van der Waals surface area (Å²) in [5.41, 5.74) is 1.20. The van der Waals surface area contributed by atoms with Crippen LogP contribution in [0, 0.1) is 23.2 Å². The first-order valence-corrected chi connectivity index (χ1v) is 10.8. The predicted molar refractivity (Wildman–Crippen MR) is 111 cm³/mol. The first-order valence-electron chi connectivity index (χ1n) is 9.94. The zero-order chi connectivity index (χ0) is 19.9. The van der Waals surface area contributed by atoms with Crippen LogP contribution >= 0.6 is 11.3 Å². The Hall–Kier alpha value is -1.40. The number of aliphatic hydroxyl groups is 1. The van der Waals surface area contributed by atoms with Gasteiger partial charge in [-0.25, -0.2) is 4.98 Å². The molecule has 5 nitrogen and oxygen atoms in total. The zero-order valence-electron chi connectivity index (χ0n) is 17.2. The molecule has 1 aromatic heterocycles. The fourth-order valence-electron chi connectivity index (χ4n) is 5.47. The van der Waals surface area contributed by atoms with Crippen LogP contribution in [-0.4, -0.2) is 47.6 Å². The summed E-state index contributed by atoms with van der Waals surface area (Å²) in [6, 6.07) is 0. The number of hydrogen-bond donors (Lipinski definition) is 2. The number of carbonyl (C=O) groups is 1. The van der Waals surface area contributed by atoms with Crippen LogP contribution in [0.2, 0.25) is 0 Å². The van der Waals surface area contributed by atoms with E-state index >= 15 is 0 Å². The van der Waals surface area contributed by atoms with Crippen LogP contribution in [0.15, 0.2) is 12.7 Å². The number of thiazole rings is 1. The fraction of sp³-hybridized carbons (Fsp3) is 0.714. The van der Waals surface area contributed by atoms with Crippen molar-refractivity contribution in [2.45, 2.75) is 52.1 Å². The Balaban J connectivity index is 1.86. The minimum absolute atomic E-state index is 0.00533. The molecule has 0 aliphatic heterocycles. The van der Waals surface area contributed by atoms with E-state index < -0.39 is 6.10 Å². The number of nitrogens with one attached hydrogen (secondary N) is 1. The van der Waals surface area contributed by atoms with E-state index in [9.17, 15) is 9.90 Å². The van der Waals surface area contributed by atoms with Crippen LogP contribution in [0.4, 0.5) is 5.13 Å². The Kier molecular flexibility index (Phi) is 5.69. The van der Waals surface area contributed by atoms with Gasteiger partial charge in [-0.2, -0.15) is 0 Å². The van der Waals surface area contributed by atoms with E-state index in [2.05, 4.69) is 25.7 Å². The number of likely N-dealkylation sites (N-methyl/N-ethyl adjacent to an activating group) is 1. The summed E-state index contributed by atoms with van der Waals surface area (Å²) in [6.07, 6.45) is 4.16. The predicted octanol–water partition coefficient (Wildman–Crippen LogP) is 3.52. The average Bonchev–Trinajstić information content (AvgIpc) is 3.03. The molecular weight excluding hydrogens is 358 g/mol. The molecule has 27 heavy (non-hydrogen) atoms. The maximum Gasteiger partial charge on any atom is 0.225 e. The first-order chi connectivity index (χ1) is 12.7. The summed E-state index contributed by atoms with van der Waals surface area (Å²) in [6.45, 7) is 10.7. The molecule has 0 bridgehead atoms. The van der Waals surface area contributed by atoms with Crippen molar-refractivity contribution in [3.8, 4) is 0 Å². The van der Waals surface area contributed by atoms with Crippen molar-refractivity contribution in [2.75, 3.05) is 26.0 Å². The molecule has 1 amide bonds. The fourth-order valence-corrected chi connectivity index (χ4v) is 6.69. The lowest BCUT2D eigenvalue weighted by atomic mass is 9.53. The molecule has 2 aliphatic rings. The van der Waals surface area contributed by atoms with E-state index in [4.69, 9.17) is 4.98 Å². The van der Waals surface area contributed by atoms with Gasteiger partial charge < -0.3 is 15.3 Å². The molecule has 0 aromatic carbocycles. The molecule has 2 N–H and O–H groups in total. The van der Waals surface area contributed by atoms with E-state index in [-0.39, 0.29) is 35.0 Å². The van der Waals surface area contributed by atoms with Gasteiger partial charge in [0.15, 0.2) is 5.13 Å². The van der Waals surface area contributed by atoms with Gasteiger partial charge in [0.1, 0.15) is 0 Å². The van der Waals surface area contributed by atoms with Crippen molar-refractivity contribution in [1.82, 2.24) is 9.88 Å². The molecule has 1 heterocycles. The Morgan fingerprint density at radius 2 is 2.30 bits per heavy atom. The SMILES string of the molecule is C=CCN(C)C(=O)[C@@H](C)[C@H]1CC[C@@]2(C)Cc3sc(NC)nc3[C@@H](C)[C@@H]2[C@H]1O. The number of anilines is 1. The number of fused-ring (bicyclic) bond motifs is 2. The highest BCUT2D eigenvalue weighted by atomic mass is 32.1. The zero-order valence-corrected chi connectivity index (χ0v) is 18.0. The molecule has 1 saturated carbocycles. The average molecular weight is 392 g/mol. The Morgan fingerprint density at radius 3 is 2.93 bits per heavy atom. The van der Waals surface area contributed by atoms with Crippen molar-refractivity contribution in [1.29, 1.82) is 0 Å². The van der Waals surface area contributed by atoms with Crippen LogP contribution in [0.1, 0.15) is 50.1 Å². The van der Waals surface area contributed by atoms with Gasteiger partial charge in [-0.1, -0.05) is 26.8 Å². The number of carbonyl (C=O) groups excluding carboxylic acids is 1. The van der Waals surface area contributed by atoms with Crippen LogP contribution in [-0.2, 0) is 11.2 Å².